The van der Waals surface area contributed by atoms with Crippen LogP contribution in [-0.2, 0) is 4.79 Å². The van der Waals surface area contributed by atoms with Crippen molar-refractivity contribution < 1.29 is 19.4 Å². The molecule has 0 bridgehead atoms. The number of carboxylic acid groups (broad SMARTS) is 1. The van der Waals surface area contributed by atoms with E-state index in [9.17, 15) is 9.59 Å². The first-order chi connectivity index (χ1) is 9.04. The highest BCUT2D eigenvalue weighted by Crippen LogP contribution is 2.12. The third-order valence-corrected chi connectivity index (χ3v) is 2.69. The van der Waals surface area contributed by atoms with E-state index in [0.717, 1.165) is 6.42 Å². The minimum atomic E-state index is -0.962. The fraction of sp³-hybridized carbons (Fsp3) is 0.429. The first-order valence-electron chi connectivity index (χ1n) is 6.24. The predicted octanol–water partition coefficient (Wildman–Crippen LogP) is 2.02. The van der Waals surface area contributed by atoms with Gasteiger partial charge in [-0.05, 0) is 30.7 Å². The average Bonchev–Trinajstić information content (AvgIpc) is 2.39. The summed E-state index contributed by atoms with van der Waals surface area (Å²) < 4.78 is 5.45. The first-order valence-corrected chi connectivity index (χ1v) is 6.24. The Hall–Kier alpha value is -2.04. The molecule has 0 atom stereocenters. The Bertz CT molecular complexity index is 428. The zero-order valence-electron chi connectivity index (χ0n) is 11.3. The van der Waals surface area contributed by atoms with Gasteiger partial charge in [0.05, 0.1) is 12.1 Å². The van der Waals surface area contributed by atoms with E-state index in [0.29, 0.717) is 25.3 Å². The molecule has 0 fully saturated rings. The van der Waals surface area contributed by atoms with E-state index in [-0.39, 0.29) is 11.5 Å². The molecule has 0 unspecified atom stereocenters. The van der Waals surface area contributed by atoms with Crippen molar-refractivity contribution in [2.75, 3.05) is 20.2 Å². The smallest absolute Gasteiger partial charge is 0.335 e. The van der Waals surface area contributed by atoms with E-state index in [1.807, 2.05) is 6.92 Å². The lowest BCUT2D eigenvalue weighted by Gasteiger charge is -2.17. The van der Waals surface area contributed by atoms with Crippen molar-refractivity contribution in [3.8, 4) is 5.75 Å². The number of carbonyl (C=O) groups is 2. The number of aromatic carboxylic acids is 1. The van der Waals surface area contributed by atoms with E-state index in [2.05, 4.69) is 0 Å². The summed E-state index contributed by atoms with van der Waals surface area (Å²) in [5.41, 5.74) is 0.225. The number of rotatable bonds is 7. The van der Waals surface area contributed by atoms with Crippen LogP contribution in [0.1, 0.15) is 30.1 Å². The quantitative estimate of drug-likeness (QED) is 0.819. The lowest BCUT2D eigenvalue weighted by Crippen LogP contribution is -2.30. The summed E-state index contributed by atoms with van der Waals surface area (Å²) in [6.45, 7) is 2.87. The molecular weight excluding hydrogens is 246 g/mol. The average molecular weight is 265 g/mol. The molecule has 0 heterocycles. The van der Waals surface area contributed by atoms with E-state index in [1.165, 1.54) is 12.1 Å². The Kier molecular flexibility index (Phi) is 5.85. The molecule has 19 heavy (non-hydrogen) atoms. The molecule has 0 radical (unpaired) electrons. The lowest BCUT2D eigenvalue weighted by molar-refractivity contribution is -0.130. The number of amides is 1. The lowest BCUT2D eigenvalue weighted by atomic mass is 10.2. The summed E-state index contributed by atoms with van der Waals surface area (Å²) in [6.07, 6.45) is 1.38. The molecule has 0 aliphatic rings. The second-order valence-electron chi connectivity index (χ2n) is 4.24. The Morgan fingerprint density at radius 2 is 1.89 bits per heavy atom. The number of likely N-dealkylation sites (N-methyl/N-ethyl adjacent to an activating group) is 1. The van der Waals surface area contributed by atoms with Crippen LogP contribution in [-0.4, -0.2) is 42.1 Å². The SMILES string of the molecule is CCCC(=O)N(C)CCOc1ccc(C(=O)O)cc1. The molecule has 5 nitrogen and oxygen atoms in total. The Balaban J connectivity index is 2.36. The summed E-state index contributed by atoms with van der Waals surface area (Å²) in [5.74, 6) is -0.259. The standard InChI is InChI=1S/C14H19NO4/c1-3-4-13(16)15(2)9-10-19-12-7-5-11(6-8-12)14(17)18/h5-8H,3-4,9-10H2,1-2H3,(H,17,18). The normalized spacial score (nSPS) is 10.0. The molecule has 1 N–H and O–H groups in total. The summed E-state index contributed by atoms with van der Waals surface area (Å²) >= 11 is 0. The fourth-order valence-corrected chi connectivity index (χ4v) is 1.52. The van der Waals surface area contributed by atoms with Gasteiger partial charge in [-0.2, -0.15) is 0 Å². The second kappa shape index (κ2) is 7.41. The van der Waals surface area contributed by atoms with Gasteiger partial charge in [-0.25, -0.2) is 4.79 Å². The molecule has 5 heteroatoms. The second-order valence-corrected chi connectivity index (χ2v) is 4.24. The molecule has 0 aliphatic heterocycles. The maximum atomic E-state index is 11.5. The van der Waals surface area contributed by atoms with Gasteiger partial charge in [0.1, 0.15) is 12.4 Å². The van der Waals surface area contributed by atoms with Gasteiger partial charge >= 0.3 is 5.97 Å². The van der Waals surface area contributed by atoms with Gasteiger partial charge in [0, 0.05) is 13.5 Å². The number of carboxylic acids is 1. The van der Waals surface area contributed by atoms with Crippen molar-refractivity contribution in [1.29, 1.82) is 0 Å². The monoisotopic (exact) mass is 265 g/mol. The molecule has 0 aliphatic carbocycles. The third kappa shape index (κ3) is 4.99. The van der Waals surface area contributed by atoms with Crippen molar-refractivity contribution in [2.24, 2.45) is 0 Å². The van der Waals surface area contributed by atoms with E-state index < -0.39 is 5.97 Å². The molecule has 1 rings (SSSR count). The van der Waals surface area contributed by atoms with Gasteiger partial charge in [-0.3, -0.25) is 4.79 Å². The largest absolute Gasteiger partial charge is 0.492 e. The number of hydrogen-bond donors (Lipinski definition) is 1. The summed E-state index contributed by atoms with van der Waals surface area (Å²) in [5, 5.41) is 8.75. The van der Waals surface area contributed by atoms with Crippen molar-refractivity contribution in [2.45, 2.75) is 19.8 Å². The molecule has 1 aromatic rings. The van der Waals surface area contributed by atoms with Crippen molar-refractivity contribution in [3.63, 3.8) is 0 Å². The molecule has 0 saturated heterocycles. The van der Waals surface area contributed by atoms with Gasteiger partial charge < -0.3 is 14.7 Å². The van der Waals surface area contributed by atoms with Crippen molar-refractivity contribution in [3.05, 3.63) is 29.8 Å². The molecule has 0 spiro atoms. The van der Waals surface area contributed by atoms with Crippen molar-refractivity contribution >= 4 is 11.9 Å². The highest BCUT2D eigenvalue weighted by atomic mass is 16.5. The van der Waals surface area contributed by atoms with Gasteiger partial charge in [0.2, 0.25) is 5.91 Å². The van der Waals surface area contributed by atoms with Crippen LogP contribution in [0, 0.1) is 0 Å². The van der Waals surface area contributed by atoms with E-state index in [1.54, 1.807) is 24.1 Å². The Morgan fingerprint density at radius 3 is 2.42 bits per heavy atom. The number of hydrogen-bond acceptors (Lipinski definition) is 3. The number of carbonyl (C=O) groups excluding carboxylic acids is 1. The number of benzene rings is 1. The van der Waals surface area contributed by atoms with Gasteiger partial charge in [0.15, 0.2) is 0 Å². The zero-order chi connectivity index (χ0) is 14.3. The van der Waals surface area contributed by atoms with Crippen LogP contribution in [0.5, 0.6) is 5.75 Å². The summed E-state index contributed by atoms with van der Waals surface area (Å²) in [4.78, 5) is 23.8. The molecule has 0 aromatic heterocycles. The minimum Gasteiger partial charge on any atom is -0.492 e. The molecule has 104 valence electrons. The molecule has 1 amide bonds. The van der Waals surface area contributed by atoms with Crippen LogP contribution in [0.4, 0.5) is 0 Å². The van der Waals surface area contributed by atoms with Crippen molar-refractivity contribution in [1.82, 2.24) is 4.90 Å². The van der Waals surface area contributed by atoms with Gasteiger partial charge in [-0.1, -0.05) is 6.92 Å². The number of ether oxygens (including phenoxy) is 1. The highest BCUT2D eigenvalue weighted by Gasteiger charge is 2.07. The van der Waals surface area contributed by atoms with Gasteiger partial charge in [-0.15, -0.1) is 0 Å². The van der Waals surface area contributed by atoms with E-state index >= 15 is 0 Å². The highest BCUT2D eigenvalue weighted by molar-refractivity contribution is 5.87. The van der Waals surface area contributed by atoms with Crippen LogP contribution < -0.4 is 4.74 Å². The predicted molar refractivity (Wildman–Crippen MR) is 71.4 cm³/mol. The van der Waals surface area contributed by atoms with Crippen LogP contribution in [0.25, 0.3) is 0 Å². The Morgan fingerprint density at radius 1 is 1.26 bits per heavy atom. The first kappa shape index (κ1) is 15.0. The molecule has 1 aromatic carbocycles. The number of nitrogens with zero attached hydrogens (tertiary/aromatic N) is 1. The summed E-state index contributed by atoms with van der Waals surface area (Å²) in [7, 11) is 1.74. The summed E-state index contributed by atoms with van der Waals surface area (Å²) in [6, 6.07) is 6.20. The fourth-order valence-electron chi connectivity index (χ4n) is 1.52. The third-order valence-electron chi connectivity index (χ3n) is 2.69. The molecular formula is C14H19NO4. The topological polar surface area (TPSA) is 66.8 Å². The van der Waals surface area contributed by atoms with Crippen LogP contribution in [0.15, 0.2) is 24.3 Å². The molecule has 0 saturated carbocycles. The van der Waals surface area contributed by atoms with Crippen LogP contribution in [0.3, 0.4) is 0 Å². The van der Waals surface area contributed by atoms with Gasteiger partial charge in [0.25, 0.3) is 0 Å². The maximum Gasteiger partial charge on any atom is 0.335 e. The minimum absolute atomic E-state index is 0.104. The van der Waals surface area contributed by atoms with Crippen LogP contribution in [0.2, 0.25) is 0 Å². The maximum absolute atomic E-state index is 11.5. The Labute approximate surface area is 112 Å². The van der Waals surface area contributed by atoms with Crippen LogP contribution >= 0.6 is 0 Å². The van der Waals surface area contributed by atoms with E-state index in [4.69, 9.17) is 9.84 Å². The zero-order valence-corrected chi connectivity index (χ0v) is 11.3.